The molecule has 0 bridgehead atoms. The summed E-state index contributed by atoms with van der Waals surface area (Å²) in [5, 5.41) is 3.20. The highest BCUT2D eigenvalue weighted by Crippen LogP contribution is 2.07. The summed E-state index contributed by atoms with van der Waals surface area (Å²) in [6.07, 6.45) is 5.04. The topological polar surface area (TPSA) is 41.5 Å². The number of nitrogens with one attached hydrogen (secondary N) is 1. The van der Waals surface area contributed by atoms with Crippen molar-refractivity contribution in [3.05, 3.63) is 0 Å². The third kappa shape index (κ3) is 2.80. The first kappa shape index (κ1) is 8.40. The molecule has 2 atom stereocenters. The molecule has 0 amide bonds. The molecule has 0 aromatic carbocycles. The average Bonchev–Trinajstić information content (AvgIpc) is 2.52. The second-order valence-corrected chi connectivity index (χ2v) is 2.95. The second-order valence-electron chi connectivity index (χ2n) is 2.95. The molecule has 0 fully saturated rings. The minimum atomic E-state index is 0.174. The fraction of sp³-hybridized carbons (Fsp3) is 0.750. The lowest BCUT2D eigenvalue weighted by atomic mass is 10.1. The first-order chi connectivity index (χ1) is 5.33. The summed E-state index contributed by atoms with van der Waals surface area (Å²) in [4.78, 5) is 14.4. The number of aldehydes is 1. The van der Waals surface area contributed by atoms with Crippen LogP contribution in [0.15, 0.2) is 4.99 Å². The standard InChI is InChI=1S/C8H14N2O/c1-7(6-11)2-3-8-9-4-5-10-8/h4,6-8,10H,2-3,5H2,1H3. The molecule has 11 heavy (non-hydrogen) atoms. The monoisotopic (exact) mass is 154 g/mol. The number of rotatable bonds is 4. The van der Waals surface area contributed by atoms with Crippen molar-refractivity contribution in [1.29, 1.82) is 0 Å². The van der Waals surface area contributed by atoms with Crippen molar-refractivity contribution >= 4 is 12.5 Å². The lowest BCUT2D eigenvalue weighted by molar-refractivity contribution is -0.110. The largest absolute Gasteiger partial charge is 0.303 e. The summed E-state index contributed by atoms with van der Waals surface area (Å²) < 4.78 is 0. The van der Waals surface area contributed by atoms with Crippen LogP contribution < -0.4 is 5.32 Å². The molecule has 0 spiro atoms. The number of aliphatic imine (C=N–C) groups is 1. The molecule has 62 valence electrons. The first-order valence-electron chi connectivity index (χ1n) is 4.03. The third-order valence-corrected chi connectivity index (χ3v) is 1.86. The zero-order valence-electron chi connectivity index (χ0n) is 6.79. The smallest absolute Gasteiger partial charge is 0.122 e. The van der Waals surface area contributed by atoms with Crippen LogP contribution in [-0.4, -0.2) is 25.2 Å². The summed E-state index contributed by atoms with van der Waals surface area (Å²) in [7, 11) is 0. The van der Waals surface area contributed by atoms with Crippen molar-refractivity contribution in [3.63, 3.8) is 0 Å². The molecule has 0 radical (unpaired) electrons. The van der Waals surface area contributed by atoms with Gasteiger partial charge in [-0.2, -0.15) is 0 Å². The Hall–Kier alpha value is -0.700. The van der Waals surface area contributed by atoms with Crippen LogP contribution in [0.25, 0.3) is 0 Å². The van der Waals surface area contributed by atoms with Gasteiger partial charge in [-0.05, 0) is 12.8 Å². The first-order valence-corrected chi connectivity index (χ1v) is 4.03. The van der Waals surface area contributed by atoms with E-state index in [4.69, 9.17) is 0 Å². The number of carbonyl (C=O) groups excluding carboxylic acids is 1. The van der Waals surface area contributed by atoms with E-state index in [0.29, 0.717) is 0 Å². The SMILES string of the molecule is CC(C=O)CCC1N=CCN1. The molecular weight excluding hydrogens is 140 g/mol. The van der Waals surface area contributed by atoms with Crippen molar-refractivity contribution in [2.24, 2.45) is 10.9 Å². The van der Waals surface area contributed by atoms with Gasteiger partial charge in [0.1, 0.15) is 6.29 Å². The van der Waals surface area contributed by atoms with Gasteiger partial charge >= 0.3 is 0 Å². The van der Waals surface area contributed by atoms with Crippen LogP contribution in [0.1, 0.15) is 19.8 Å². The van der Waals surface area contributed by atoms with Gasteiger partial charge in [0, 0.05) is 18.7 Å². The molecule has 0 saturated heterocycles. The van der Waals surface area contributed by atoms with E-state index in [2.05, 4.69) is 10.3 Å². The molecule has 1 rings (SSSR count). The predicted molar refractivity (Wildman–Crippen MR) is 44.7 cm³/mol. The van der Waals surface area contributed by atoms with Crippen molar-refractivity contribution < 1.29 is 4.79 Å². The van der Waals surface area contributed by atoms with Crippen molar-refractivity contribution in [2.75, 3.05) is 6.54 Å². The van der Waals surface area contributed by atoms with Gasteiger partial charge in [-0.15, -0.1) is 0 Å². The minimum Gasteiger partial charge on any atom is -0.303 e. The minimum absolute atomic E-state index is 0.174. The predicted octanol–water partition coefficient (Wildman–Crippen LogP) is 0.602. The number of carbonyl (C=O) groups is 1. The molecule has 0 aromatic rings. The highest BCUT2D eigenvalue weighted by atomic mass is 16.1. The van der Waals surface area contributed by atoms with Crippen molar-refractivity contribution in [2.45, 2.75) is 25.9 Å². The molecule has 0 aromatic heterocycles. The maximum Gasteiger partial charge on any atom is 0.122 e. The molecule has 3 nitrogen and oxygen atoms in total. The zero-order chi connectivity index (χ0) is 8.10. The number of nitrogens with zero attached hydrogens (tertiary/aromatic N) is 1. The van der Waals surface area contributed by atoms with E-state index in [9.17, 15) is 4.79 Å². The van der Waals surface area contributed by atoms with Crippen LogP contribution in [0.4, 0.5) is 0 Å². The van der Waals surface area contributed by atoms with E-state index >= 15 is 0 Å². The summed E-state index contributed by atoms with van der Waals surface area (Å²) in [6, 6.07) is 0. The molecule has 0 aliphatic carbocycles. The van der Waals surface area contributed by atoms with Crippen LogP contribution in [0, 0.1) is 5.92 Å². The Morgan fingerprint density at radius 3 is 3.27 bits per heavy atom. The summed E-state index contributed by atoms with van der Waals surface area (Å²) >= 11 is 0. The van der Waals surface area contributed by atoms with Crippen LogP contribution in [-0.2, 0) is 4.79 Å². The van der Waals surface area contributed by atoms with Gasteiger partial charge < -0.3 is 4.79 Å². The molecule has 1 aliphatic rings. The van der Waals surface area contributed by atoms with Gasteiger partial charge in [-0.1, -0.05) is 6.92 Å². The Bertz CT molecular complexity index is 156. The Labute approximate surface area is 66.9 Å². The van der Waals surface area contributed by atoms with Gasteiger partial charge in [0.15, 0.2) is 0 Å². The fourth-order valence-electron chi connectivity index (χ4n) is 1.09. The number of hydrogen-bond acceptors (Lipinski definition) is 3. The van der Waals surface area contributed by atoms with Crippen LogP contribution in [0.3, 0.4) is 0 Å². The Balaban J connectivity index is 2.11. The van der Waals surface area contributed by atoms with Gasteiger partial charge in [0.2, 0.25) is 0 Å². The normalized spacial score (nSPS) is 25.4. The maximum atomic E-state index is 10.3. The van der Waals surface area contributed by atoms with E-state index in [1.165, 1.54) is 0 Å². The average molecular weight is 154 g/mol. The maximum absolute atomic E-state index is 10.3. The summed E-state index contributed by atoms with van der Waals surface area (Å²) in [5.74, 6) is 0.174. The molecule has 1 N–H and O–H groups in total. The van der Waals surface area contributed by atoms with Gasteiger partial charge in [0.05, 0.1) is 6.17 Å². The third-order valence-electron chi connectivity index (χ3n) is 1.86. The Morgan fingerprint density at radius 2 is 2.73 bits per heavy atom. The molecule has 3 heteroatoms. The Morgan fingerprint density at radius 1 is 1.91 bits per heavy atom. The Kier molecular flexibility index (Phi) is 3.23. The van der Waals surface area contributed by atoms with Crippen LogP contribution in [0.2, 0.25) is 0 Å². The highest BCUT2D eigenvalue weighted by molar-refractivity contribution is 5.62. The summed E-state index contributed by atoms with van der Waals surface area (Å²) in [5.41, 5.74) is 0. The molecule has 1 heterocycles. The van der Waals surface area contributed by atoms with Gasteiger partial charge in [-0.25, -0.2) is 0 Å². The van der Waals surface area contributed by atoms with E-state index in [1.54, 1.807) is 0 Å². The van der Waals surface area contributed by atoms with Gasteiger partial charge in [-0.3, -0.25) is 10.3 Å². The van der Waals surface area contributed by atoms with E-state index in [-0.39, 0.29) is 12.1 Å². The quantitative estimate of drug-likeness (QED) is 0.602. The van der Waals surface area contributed by atoms with E-state index in [1.807, 2.05) is 13.1 Å². The van der Waals surface area contributed by atoms with Crippen molar-refractivity contribution in [3.8, 4) is 0 Å². The summed E-state index contributed by atoms with van der Waals surface area (Å²) in [6.45, 7) is 2.81. The second kappa shape index (κ2) is 4.23. The molecular formula is C8H14N2O. The molecule has 0 saturated carbocycles. The number of hydrogen-bond donors (Lipinski definition) is 1. The zero-order valence-corrected chi connectivity index (χ0v) is 6.79. The lowest BCUT2D eigenvalue weighted by Crippen LogP contribution is -2.22. The van der Waals surface area contributed by atoms with Crippen LogP contribution in [0.5, 0.6) is 0 Å². The lowest BCUT2D eigenvalue weighted by Gasteiger charge is -2.08. The fourth-order valence-corrected chi connectivity index (χ4v) is 1.09. The van der Waals surface area contributed by atoms with E-state index < -0.39 is 0 Å². The molecule has 2 unspecified atom stereocenters. The van der Waals surface area contributed by atoms with Gasteiger partial charge in [0.25, 0.3) is 0 Å². The highest BCUT2D eigenvalue weighted by Gasteiger charge is 2.10. The van der Waals surface area contributed by atoms with E-state index in [0.717, 1.165) is 25.7 Å². The molecule has 1 aliphatic heterocycles. The van der Waals surface area contributed by atoms with Crippen LogP contribution >= 0.6 is 0 Å². The van der Waals surface area contributed by atoms with Crippen molar-refractivity contribution in [1.82, 2.24) is 5.32 Å².